The van der Waals surface area contributed by atoms with Crippen molar-refractivity contribution in [2.75, 3.05) is 39.3 Å². The van der Waals surface area contributed by atoms with Crippen molar-refractivity contribution >= 4 is 6.03 Å². The number of likely N-dealkylation sites (tertiary alicyclic amines) is 2. The molecule has 1 aromatic rings. The van der Waals surface area contributed by atoms with Gasteiger partial charge in [0, 0.05) is 19.6 Å². The quantitative estimate of drug-likeness (QED) is 0.785. The number of amides is 2. The molecule has 0 saturated carbocycles. The number of hydrogen-bond acceptors (Lipinski definition) is 2. The van der Waals surface area contributed by atoms with Crippen molar-refractivity contribution in [2.45, 2.75) is 44.9 Å². The van der Waals surface area contributed by atoms with E-state index in [4.69, 9.17) is 0 Å². The molecule has 5 heteroatoms. The minimum Gasteiger partial charge on any atom is -0.338 e. The molecule has 1 N–H and O–H groups in total. The molecule has 0 spiro atoms. The standard InChI is InChI=1S/C21H32FN3O/c22-20-7-4-6-19(17-20)16-18-8-14-25(15-9-18)21(26)23-10-5-13-24-11-2-1-3-12-24/h4,6-7,17-18H,1-3,5,8-16H2,(H,23,26). The molecule has 2 fully saturated rings. The number of piperidine rings is 2. The molecule has 26 heavy (non-hydrogen) atoms. The van der Waals surface area contributed by atoms with Gasteiger partial charge in [0.25, 0.3) is 0 Å². The van der Waals surface area contributed by atoms with Crippen molar-refractivity contribution in [3.63, 3.8) is 0 Å². The molecule has 2 aliphatic rings. The van der Waals surface area contributed by atoms with Crippen LogP contribution in [0.15, 0.2) is 24.3 Å². The number of carbonyl (C=O) groups excluding carboxylic acids is 1. The lowest BCUT2D eigenvalue weighted by molar-refractivity contribution is 0.169. The van der Waals surface area contributed by atoms with Gasteiger partial charge in [-0.2, -0.15) is 0 Å². The summed E-state index contributed by atoms with van der Waals surface area (Å²) >= 11 is 0. The minimum absolute atomic E-state index is 0.0767. The molecule has 0 bridgehead atoms. The van der Waals surface area contributed by atoms with Crippen LogP contribution in [0.5, 0.6) is 0 Å². The van der Waals surface area contributed by atoms with Crippen molar-refractivity contribution in [2.24, 2.45) is 5.92 Å². The number of nitrogens with one attached hydrogen (secondary N) is 1. The lowest BCUT2D eigenvalue weighted by Crippen LogP contribution is -2.45. The highest BCUT2D eigenvalue weighted by Crippen LogP contribution is 2.22. The Hall–Kier alpha value is -1.62. The maximum atomic E-state index is 13.3. The third-order valence-corrected chi connectivity index (χ3v) is 5.69. The van der Waals surface area contributed by atoms with E-state index in [9.17, 15) is 9.18 Å². The van der Waals surface area contributed by atoms with Crippen LogP contribution in [0.2, 0.25) is 0 Å². The first-order valence-electron chi connectivity index (χ1n) is 10.2. The van der Waals surface area contributed by atoms with Crippen molar-refractivity contribution in [1.82, 2.24) is 15.1 Å². The maximum Gasteiger partial charge on any atom is 0.317 e. The molecule has 144 valence electrons. The number of halogens is 1. The van der Waals surface area contributed by atoms with Gasteiger partial charge in [-0.3, -0.25) is 0 Å². The molecule has 0 atom stereocenters. The third-order valence-electron chi connectivity index (χ3n) is 5.69. The predicted molar refractivity (Wildman–Crippen MR) is 103 cm³/mol. The summed E-state index contributed by atoms with van der Waals surface area (Å²) < 4.78 is 13.3. The highest BCUT2D eigenvalue weighted by atomic mass is 19.1. The smallest absolute Gasteiger partial charge is 0.317 e. The van der Waals surface area contributed by atoms with E-state index in [0.717, 1.165) is 57.4 Å². The monoisotopic (exact) mass is 361 g/mol. The second kappa shape index (κ2) is 9.91. The van der Waals surface area contributed by atoms with Crippen LogP contribution in [-0.4, -0.2) is 55.1 Å². The Morgan fingerprint density at radius 3 is 2.62 bits per heavy atom. The lowest BCUT2D eigenvalue weighted by Gasteiger charge is -2.32. The Balaban J connectivity index is 1.30. The van der Waals surface area contributed by atoms with E-state index in [1.807, 2.05) is 11.0 Å². The Bertz CT molecular complexity index is 566. The van der Waals surface area contributed by atoms with Crippen molar-refractivity contribution in [3.8, 4) is 0 Å². The summed E-state index contributed by atoms with van der Waals surface area (Å²) in [4.78, 5) is 16.8. The highest BCUT2D eigenvalue weighted by molar-refractivity contribution is 5.74. The molecule has 0 unspecified atom stereocenters. The SMILES string of the molecule is O=C(NCCCN1CCCCC1)N1CCC(Cc2cccc(F)c2)CC1. The van der Waals surface area contributed by atoms with Crippen LogP contribution in [0.25, 0.3) is 0 Å². The molecule has 2 aliphatic heterocycles. The average molecular weight is 362 g/mol. The summed E-state index contributed by atoms with van der Waals surface area (Å²) in [5.41, 5.74) is 1.06. The van der Waals surface area contributed by atoms with E-state index in [-0.39, 0.29) is 11.8 Å². The van der Waals surface area contributed by atoms with E-state index in [2.05, 4.69) is 10.2 Å². The van der Waals surface area contributed by atoms with E-state index in [1.54, 1.807) is 12.1 Å². The second-order valence-corrected chi connectivity index (χ2v) is 7.75. The minimum atomic E-state index is -0.163. The molecule has 2 heterocycles. The first kappa shape index (κ1) is 19.2. The van der Waals surface area contributed by atoms with Crippen LogP contribution >= 0.6 is 0 Å². The number of hydrogen-bond donors (Lipinski definition) is 1. The van der Waals surface area contributed by atoms with Crippen LogP contribution < -0.4 is 5.32 Å². The van der Waals surface area contributed by atoms with E-state index < -0.39 is 0 Å². The zero-order chi connectivity index (χ0) is 18.2. The molecule has 2 amide bonds. The van der Waals surface area contributed by atoms with Crippen LogP contribution in [0, 0.1) is 11.7 Å². The maximum absolute atomic E-state index is 13.3. The molecule has 0 aliphatic carbocycles. The zero-order valence-electron chi connectivity index (χ0n) is 15.8. The van der Waals surface area contributed by atoms with Crippen molar-refractivity contribution < 1.29 is 9.18 Å². The molecule has 0 radical (unpaired) electrons. The Morgan fingerprint density at radius 1 is 1.12 bits per heavy atom. The van der Waals surface area contributed by atoms with Gasteiger partial charge in [-0.25, -0.2) is 9.18 Å². The van der Waals surface area contributed by atoms with Gasteiger partial charge in [0.2, 0.25) is 0 Å². The van der Waals surface area contributed by atoms with Crippen molar-refractivity contribution in [1.29, 1.82) is 0 Å². The van der Waals surface area contributed by atoms with E-state index >= 15 is 0 Å². The fourth-order valence-electron chi connectivity index (χ4n) is 4.13. The van der Waals surface area contributed by atoms with Gasteiger partial charge in [0.15, 0.2) is 0 Å². The summed E-state index contributed by atoms with van der Waals surface area (Å²) in [5, 5.41) is 3.07. The summed E-state index contributed by atoms with van der Waals surface area (Å²) in [5.74, 6) is 0.379. The van der Waals surface area contributed by atoms with Crippen LogP contribution in [0.1, 0.15) is 44.1 Å². The summed E-state index contributed by atoms with van der Waals surface area (Å²) in [7, 11) is 0. The van der Waals surface area contributed by atoms with Crippen LogP contribution in [0.4, 0.5) is 9.18 Å². The third kappa shape index (κ3) is 5.97. The summed E-state index contributed by atoms with van der Waals surface area (Å²) in [6.07, 6.45) is 7.93. The first-order valence-corrected chi connectivity index (χ1v) is 10.2. The molecule has 1 aromatic carbocycles. The molecule has 4 nitrogen and oxygen atoms in total. The topological polar surface area (TPSA) is 35.6 Å². The number of urea groups is 1. The van der Waals surface area contributed by atoms with Gasteiger partial charge in [0.05, 0.1) is 0 Å². The van der Waals surface area contributed by atoms with Crippen LogP contribution in [-0.2, 0) is 6.42 Å². The second-order valence-electron chi connectivity index (χ2n) is 7.75. The molecular weight excluding hydrogens is 329 g/mol. The Kier molecular flexibility index (Phi) is 7.30. The number of nitrogens with zero attached hydrogens (tertiary/aromatic N) is 2. The van der Waals surface area contributed by atoms with Gasteiger partial charge in [-0.05, 0) is 81.8 Å². The van der Waals surface area contributed by atoms with Gasteiger partial charge in [-0.15, -0.1) is 0 Å². The fraction of sp³-hybridized carbons (Fsp3) is 0.667. The number of rotatable bonds is 6. The normalized spacial score (nSPS) is 19.5. The van der Waals surface area contributed by atoms with Gasteiger partial charge < -0.3 is 15.1 Å². The Morgan fingerprint density at radius 2 is 1.88 bits per heavy atom. The molecule has 3 rings (SSSR count). The molecule has 0 aromatic heterocycles. The first-order chi connectivity index (χ1) is 12.7. The zero-order valence-corrected chi connectivity index (χ0v) is 15.8. The predicted octanol–water partition coefficient (Wildman–Crippen LogP) is 3.67. The van der Waals surface area contributed by atoms with Crippen molar-refractivity contribution in [3.05, 3.63) is 35.6 Å². The fourth-order valence-corrected chi connectivity index (χ4v) is 4.13. The van der Waals surface area contributed by atoms with Gasteiger partial charge >= 0.3 is 6.03 Å². The largest absolute Gasteiger partial charge is 0.338 e. The lowest BCUT2D eigenvalue weighted by atomic mass is 9.90. The van der Waals surface area contributed by atoms with Crippen LogP contribution in [0.3, 0.4) is 0 Å². The highest BCUT2D eigenvalue weighted by Gasteiger charge is 2.22. The Labute approximate surface area is 156 Å². The van der Waals surface area contributed by atoms with Gasteiger partial charge in [0.1, 0.15) is 5.82 Å². The average Bonchev–Trinajstić information content (AvgIpc) is 2.66. The van der Waals surface area contributed by atoms with Gasteiger partial charge in [-0.1, -0.05) is 18.6 Å². The summed E-state index contributed by atoms with van der Waals surface area (Å²) in [6.45, 7) is 5.89. The molecular formula is C21H32FN3O. The van der Waals surface area contributed by atoms with E-state index in [1.165, 1.54) is 38.4 Å². The number of carbonyl (C=O) groups is 1. The number of benzene rings is 1. The molecule has 2 saturated heterocycles. The van der Waals surface area contributed by atoms with E-state index in [0.29, 0.717) is 5.92 Å². The summed E-state index contributed by atoms with van der Waals surface area (Å²) in [6, 6.07) is 6.96.